The molecule has 10 nitrogen and oxygen atoms in total. The molecule has 0 radical (unpaired) electrons. The van der Waals surface area contributed by atoms with Gasteiger partial charge >= 0.3 is 12.2 Å². The lowest BCUT2D eigenvalue weighted by Crippen LogP contribution is -2.40. The number of carbonyl (C=O) groups is 2. The number of likely N-dealkylation sites (tertiary alicyclic amines) is 1. The van der Waals surface area contributed by atoms with Crippen molar-refractivity contribution in [3.63, 3.8) is 0 Å². The summed E-state index contributed by atoms with van der Waals surface area (Å²) in [4.78, 5) is 24.9. The normalized spacial score (nSPS) is 17.9. The molecule has 1 aliphatic rings. The van der Waals surface area contributed by atoms with Gasteiger partial charge in [0.2, 0.25) is 10.0 Å². The number of sulfonamides is 1. The second kappa shape index (κ2) is 11.4. The standard InChI is InChI=1S/C21H23Br2N3O7S/c1-32-18-5-3-2-4-13(18)10-24-20(27)33-12-16-9-15(11-26(16)21(28)29)25-34(30,31)19-8-14(22)6-7-17(19)23/h2-8,15-16,25H,9-12H2,1H3,(H,24,27)(H,28,29)/t15-,16-/m1/s1. The van der Waals surface area contributed by atoms with E-state index in [4.69, 9.17) is 9.47 Å². The van der Waals surface area contributed by atoms with E-state index >= 15 is 0 Å². The highest BCUT2D eigenvalue weighted by atomic mass is 79.9. The predicted octanol–water partition coefficient (Wildman–Crippen LogP) is 3.55. The number of nitrogens with zero attached hydrogens (tertiary/aromatic N) is 1. The molecule has 1 heterocycles. The summed E-state index contributed by atoms with van der Waals surface area (Å²) in [5, 5.41) is 12.1. The third-order valence-corrected chi connectivity index (χ3v) is 8.19. The summed E-state index contributed by atoms with van der Waals surface area (Å²) < 4.78 is 39.7. The second-order valence-corrected chi connectivity index (χ2v) is 10.9. The first-order chi connectivity index (χ1) is 16.1. The number of para-hydroxylation sites is 1. The monoisotopic (exact) mass is 619 g/mol. The Hall–Kier alpha value is -2.35. The number of rotatable bonds is 8. The van der Waals surface area contributed by atoms with Crippen molar-refractivity contribution in [2.75, 3.05) is 20.3 Å². The Labute approximate surface area is 213 Å². The summed E-state index contributed by atoms with van der Waals surface area (Å²) in [6.45, 7) is -0.125. The van der Waals surface area contributed by atoms with Crippen LogP contribution < -0.4 is 14.8 Å². The summed E-state index contributed by atoms with van der Waals surface area (Å²) in [5.41, 5.74) is 0.753. The summed E-state index contributed by atoms with van der Waals surface area (Å²) in [6.07, 6.45) is -1.80. The Bertz CT molecular complexity index is 1160. The number of carboxylic acid groups (broad SMARTS) is 1. The first-order valence-corrected chi connectivity index (χ1v) is 13.2. The van der Waals surface area contributed by atoms with Crippen molar-refractivity contribution in [1.82, 2.24) is 14.9 Å². The maximum absolute atomic E-state index is 12.8. The number of ether oxygens (including phenoxy) is 2. The number of hydrogen-bond acceptors (Lipinski definition) is 6. The molecule has 1 saturated heterocycles. The van der Waals surface area contributed by atoms with E-state index < -0.39 is 34.3 Å². The van der Waals surface area contributed by atoms with Gasteiger partial charge in [-0.15, -0.1) is 0 Å². The Morgan fingerprint density at radius 2 is 1.94 bits per heavy atom. The number of methoxy groups -OCH3 is 1. The molecule has 3 N–H and O–H groups in total. The van der Waals surface area contributed by atoms with Gasteiger partial charge in [0.05, 0.1) is 18.0 Å². The summed E-state index contributed by atoms with van der Waals surface area (Å²) in [6, 6.07) is 10.5. The van der Waals surface area contributed by atoms with Crippen LogP contribution in [0.3, 0.4) is 0 Å². The van der Waals surface area contributed by atoms with E-state index in [0.29, 0.717) is 14.7 Å². The van der Waals surface area contributed by atoms with Crippen LogP contribution in [-0.2, 0) is 21.3 Å². The molecule has 184 valence electrons. The van der Waals surface area contributed by atoms with Crippen LogP contribution in [0.25, 0.3) is 0 Å². The SMILES string of the molecule is COc1ccccc1CNC(=O)OC[C@H]1C[C@@H](NS(=O)(=O)c2cc(Br)ccc2Br)CN1C(=O)O. The predicted molar refractivity (Wildman–Crippen MR) is 130 cm³/mol. The molecule has 0 saturated carbocycles. The third kappa shape index (κ3) is 6.62. The molecule has 1 fully saturated rings. The van der Waals surface area contributed by atoms with Crippen molar-refractivity contribution in [2.24, 2.45) is 0 Å². The lowest BCUT2D eigenvalue weighted by molar-refractivity contribution is 0.0958. The number of benzene rings is 2. The van der Waals surface area contributed by atoms with Crippen LogP contribution in [0, 0.1) is 0 Å². The van der Waals surface area contributed by atoms with E-state index in [-0.39, 0.29) is 31.0 Å². The molecule has 2 aromatic rings. The summed E-state index contributed by atoms with van der Waals surface area (Å²) in [5.74, 6) is 0.614. The average molecular weight is 621 g/mol. The zero-order chi connectivity index (χ0) is 24.9. The molecule has 2 atom stereocenters. The molecule has 0 spiro atoms. The largest absolute Gasteiger partial charge is 0.496 e. The van der Waals surface area contributed by atoms with E-state index in [0.717, 1.165) is 10.5 Å². The lowest BCUT2D eigenvalue weighted by atomic mass is 10.2. The van der Waals surface area contributed by atoms with Crippen LogP contribution in [0.2, 0.25) is 0 Å². The van der Waals surface area contributed by atoms with Gasteiger partial charge in [-0.05, 0) is 46.6 Å². The third-order valence-electron chi connectivity index (χ3n) is 5.19. The Kier molecular flexibility index (Phi) is 8.79. The number of alkyl carbamates (subject to hydrolysis) is 1. The van der Waals surface area contributed by atoms with E-state index in [1.54, 1.807) is 30.3 Å². The molecule has 0 aliphatic carbocycles. The zero-order valence-electron chi connectivity index (χ0n) is 18.0. The first-order valence-electron chi connectivity index (χ1n) is 10.1. The van der Waals surface area contributed by atoms with E-state index in [1.807, 2.05) is 6.07 Å². The maximum Gasteiger partial charge on any atom is 0.407 e. The molecule has 0 bridgehead atoms. The molecule has 0 unspecified atom stereocenters. The summed E-state index contributed by atoms with van der Waals surface area (Å²) in [7, 11) is -2.40. The van der Waals surface area contributed by atoms with Gasteiger partial charge in [0.1, 0.15) is 12.4 Å². The van der Waals surface area contributed by atoms with Gasteiger partial charge in [-0.1, -0.05) is 34.1 Å². The fraction of sp³-hybridized carbons (Fsp3) is 0.333. The highest BCUT2D eigenvalue weighted by Gasteiger charge is 2.38. The molecule has 34 heavy (non-hydrogen) atoms. The van der Waals surface area contributed by atoms with Gasteiger partial charge in [-0.2, -0.15) is 0 Å². The number of halogens is 2. The lowest BCUT2D eigenvalue weighted by Gasteiger charge is -2.21. The van der Waals surface area contributed by atoms with Crippen molar-refractivity contribution < 1.29 is 32.6 Å². The van der Waals surface area contributed by atoms with Crippen molar-refractivity contribution in [3.8, 4) is 5.75 Å². The molecule has 0 aromatic heterocycles. The minimum Gasteiger partial charge on any atom is -0.496 e. The number of carbonyl (C=O) groups excluding carboxylic acids is 1. The van der Waals surface area contributed by atoms with Crippen LogP contribution in [-0.4, -0.2) is 63.0 Å². The van der Waals surface area contributed by atoms with Crippen LogP contribution >= 0.6 is 31.9 Å². The number of hydrogen-bond donors (Lipinski definition) is 3. The topological polar surface area (TPSA) is 134 Å². The number of amides is 2. The van der Waals surface area contributed by atoms with Crippen LogP contribution in [0.1, 0.15) is 12.0 Å². The Morgan fingerprint density at radius 1 is 1.21 bits per heavy atom. The first kappa shape index (κ1) is 26.3. The van der Waals surface area contributed by atoms with Crippen LogP contribution in [0.4, 0.5) is 9.59 Å². The highest BCUT2D eigenvalue weighted by molar-refractivity contribution is 9.11. The molecule has 1 aliphatic heterocycles. The molecule has 13 heteroatoms. The van der Waals surface area contributed by atoms with Gasteiger partial charge in [0.25, 0.3) is 0 Å². The zero-order valence-corrected chi connectivity index (χ0v) is 22.0. The highest BCUT2D eigenvalue weighted by Crippen LogP contribution is 2.27. The van der Waals surface area contributed by atoms with Crippen LogP contribution in [0.5, 0.6) is 5.75 Å². The fourth-order valence-electron chi connectivity index (χ4n) is 3.60. The fourth-order valence-corrected chi connectivity index (χ4v) is 6.34. The van der Waals surface area contributed by atoms with Gasteiger partial charge in [0, 0.05) is 33.6 Å². The number of nitrogens with one attached hydrogen (secondary N) is 2. The van der Waals surface area contributed by atoms with E-state index in [2.05, 4.69) is 41.9 Å². The molecular weight excluding hydrogens is 598 g/mol. The molecule has 2 aromatic carbocycles. The maximum atomic E-state index is 12.8. The van der Waals surface area contributed by atoms with E-state index in [9.17, 15) is 23.1 Å². The van der Waals surface area contributed by atoms with Crippen molar-refractivity contribution in [3.05, 3.63) is 57.0 Å². The van der Waals surface area contributed by atoms with Crippen molar-refractivity contribution >= 4 is 54.1 Å². The van der Waals surface area contributed by atoms with Gasteiger partial charge in [0.15, 0.2) is 0 Å². The van der Waals surface area contributed by atoms with Gasteiger partial charge in [-0.3, -0.25) is 0 Å². The van der Waals surface area contributed by atoms with E-state index in [1.165, 1.54) is 13.2 Å². The minimum atomic E-state index is -3.93. The Morgan fingerprint density at radius 3 is 2.65 bits per heavy atom. The Balaban J connectivity index is 1.59. The quantitative estimate of drug-likeness (QED) is 0.411. The average Bonchev–Trinajstić information content (AvgIpc) is 3.20. The van der Waals surface area contributed by atoms with Crippen molar-refractivity contribution in [2.45, 2.75) is 29.9 Å². The molecular formula is C21H23Br2N3O7S. The molecule has 2 amide bonds. The smallest absolute Gasteiger partial charge is 0.407 e. The van der Waals surface area contributed by atoms with Crippen LogP contribution in [0.15, 0.2) is 56.3 Å². The van der Waals surface area contributed by atoms with Gasteiger partial charge in [-0.25, -0.2) is 22.7 Å². The molecule has 3 rings (SSSR count). The summed E-state index contributed by atoms with van der Waals surface area (Å²) >= 11 is 6.48. The van der Waals surface area contributed by atoms with Gasteiger partial charge < -0.3 is 24.8 Å². The minimum absolute atomic E-state index is 0.0270. The second-order valence-electron chi connectivity index (χ2n) is 7.48. The van der Waals surface area contributed by atoms with Crippen molar-refractivity contribution in [1.29, 1.82) is 0 Å².